The molecule has 2 heterocycles. The van der Waals surface area contributed by atoms with Crippen LogP contribution in [0.5, 0.6) is 0 Å². The number of nitrogens with zero attached hydrogens (tertiary/aromatic N) is 4. The number of hydrogen-bond acceptors (Lipinski definition) is 5. The molecule has 1 saturated heterocycles. The van der Waals surface area contributed by atoms with Gasteiger partial charge in [-0.1, -0.05) is 6.07 Å². The van der Waals surface area contributed by atoms with Gasteiger partial charge in [-0.2, -0.15) is 0 Å². The molecule has 1 amide bonds. The maximum atomic E-state index is 12.3. The number of ether oxygens (including phenoxy) is 1. The number of hydrogen-bond donors (Lipinski definition) is 2. The van der Waals surface area contributed by atoms with Crippen LogP contribution in [0.3, 0.4) is 0 Å². The van der Waals surface area contributed by atoms with E-state index >= 15 is 0 Å². The SMILES string of the molecule is CN=C(NCc1cccc(N(C)C)n1)NC1CCCN(C(=O)OC(C)(C)C)C1.I. The zero-order valence-corrected chi connectivity index (χ0v) is 20.7. The quantitative estimate of drug-likeness (QED) is 0.363. The molecule has 0 bridgehead atoms. The predicted octanol–water partition coefficient (Wildman–Crippen LogP) is 2.83. The van der Waals surface area contributed by atoms with Gasteiger partial charge in [-0.25, -0.2) is 9.78 Å². The number of carbonyl (C=O) groups excluding carboxylic acids is 1. The van der Waals surface area contributed by atoms with Gasteiger partial charge in [0.2, 0.25) is 0 Å². The standard InChI is InChI=1S/C20H34N6O2.HI/c1-20(2,3)28-19(27)26-12-8-10-16(14-26)24-18(21-4)22-13-15-9-7-11-17(23-15)25(5)6;/h7,9,11,16H,8,10,12-14H2,1-6H3,(H2,21,22,24);1H. The first-order valence-corrected chi connectivity index (χ1v) is 9.76. The van der Waals surface area contributed by atoms with Crippen molar-refractivity contribution in [3.8, 4) is 0 Å². The lowest BCUT2D eigenvalue weighted by atomic mass is 10.1. The van der Waals surface area contributed by atoms with Crippen LogP contribution in [0.15, 0.2) is 23.2 Å². The number of halogens is 1. The Morgan fingerprint density at radius 2 is 2.10 bits per heavy atom. The fraction of sp³-hybridized carbons (Fsp3) is 0.650. The number of aromatic nitrogens is 1. The Morgan fingerprint density at radius 1 is 1.38 bits per heavy atom. The van der Waals surface area contributed by atoms with Crippen molar-refractivity contribution in [3.05, 3.63) is 23.9 Å². The lowest BCUT2D eigenvalue weighted by Gasteiger charge is -2.35. The summed E-state index contributed by atoms with van der Waals surface area (Å²) in [6, 6.07) is 6.09. The maximum Gasteiger partial charge on any atom is 0.410 e. The predicted molar refractivity (Wildman–Crippen MR) is 128 cm³/mol. The summed E-state index contributed by atoms with van der Waals surface area (Å²) in [4.78, 5) is 25.0. The summed E-state index contributed by atoms with van der Waals surface area (Å²) in [6.07, 6.45) is 1.65. The minimum Gasteiger partial charge on any atom is -0.444 e. The van der Waals surface area contributed by atoms with Gasteiger partial charge < -0.3 is 25.2 Å². The first kappa shape index (κ1) is 25.3. The molecule has 0 radical (unpaired) electrons. The van der Waals surface area contributed by atoms with Crippen LogP contribution < -0.4 is 15.5 Å². The highest BCUT2D eigenvalue weighted by molar-refractivity contribution is 14.0. The largest absolute Gasteiger partial charge is 0.444 e. The highest BCUT2D eigenvalue weighted by Crippen LogP contribution is 2.15. The lowest BCUT2D eigenvalue weighted by Crippen LogP contribution is -2.53. The van der Waals surface area contributed by atoms with E-state index in [1.807, 2.05) is 58.0 Å². The van der Waals surface area contributed by atoms with Gasteiger partial charge in [0.15, 0.2) is 5.96 Å². The van der Waals surface area contributed by atoms with Crippen molar-refractivity contribution in [2.75, 3.05) is 39.1 Å². The Labute approximate surface area is 191 Å². The molecule has 2 rings (SSSR count). The first-order valence-electron chi connectivity index (χ1n) is 9.76. The van der Waals surface area contributed by atoms with Crippen LogP contribution in [0.1, 0.15) is 39.3 Å². The first-order chi connectivity index (χ1) is 13.2. The number of guanidine groups is 1. The Hall–Kier alpha value is -1.78. The summed E-state index contributed by atoms with van der Waals surface area (Å²) in [5.74, 6) is 1.62. The fourth-order valence-electron chi connectivity index (χ4n) is 2.96. The van der Waals surface area contributed by atoms with Crippen LogP contribution in [0.4, 0.5) is 10.6 Å². The lowest BCUT2D eigenvalue weighted by molar-refractivity contribution is 0.0193. The Kier molecular flexibility index (Phi) is 9.94. The molecule has 1 atom stereocenters. The van der Waals surface area contributed by atoms with E-state index in [0.717, 1.165) is 30.9 Å². The molecule has 164 valence electrons. The van der Waals surface area contributed by atoms with Crippen molar-refractivity contribution in [2.45, 2.75) is 51.8 Å². The van der Waals surface area contributed by atoms with E-state index < -0.39 is 5.60 Å². The fourth-order valence-corrected chi connectivity index (χ4v) is 2.96. The molecule has 0 saturated carbocycles. The van der Waals surface area contributed by atoms with Crippen molar-refractivity contribution in [2.24, 2.45) is 4.99 Å². The highest BCUT2D eigenvalue weighted by Gasteiger charge is 2.28. The van der Waals surface area contributed by atoms with E-state index in [-0.39, 0.29) is 36.1 Å². The number of carbonyl (C=O) groups is 1. The number of aliphatic imine (C=N–C) groups is 1. The van der Waals surface area contributed by atoms with Gasteiger partial charge >= 0.3 is 6.09 Å². The number of piperidine rings is 1. The molecule has 1 unspecified atom stereocenters. The van der Waals surface area contributed by atoms with Gasteiger partial charge in [0.05, 0.1) is 12.2 Å². The minimum absolute atomic E-state index is 0. The molecule has 1 aliphatic rings. The van der Waals surface area contributed by atoms with Gasteiger partial charge in [0.1, 0.15) is 11.4 Å². The second-order valence-electron chi connectivity index (χ2n) is 8.22. The van der Waals surface area contributed by atoms with Crippen LogP contribution in [-0.4, -0.2) is 67.8 Å². The number of anilines is 1. The average molecular weight is 518 g/mol. The van der Waals surface area contributed by atoms with Crippen LogP contribution in [0, 0.1) is 0 Å². The summed E-state index contributed by atoms with van der Waals surface area (Å²) in [5.41, 5.74) is 0.455. The highest BCUT2D eigenvalue weighted by atomic mass is 127. The molecule has 0 aliphatic carbocycles. The van der Waals surface area contributed by atoms with Gasteiger partial charge in [-0.15, -0.1) is 24.0 Å². The Bertz CT molecular complexity index is 690. The van der Waals surface area contributed by atoms with Crippen LogP contribution >= 0.6 is 24.0 Å². The van der Waals surface area contributed by atoms with Crippen LogP contribution in [0.25, 0.3) is 0 Å². The molecular formula is C20H35IN6O2. The van der Waals surface area contributed by atoms with Gasteiger partial charge in [0.25, 0.3) is 0 Å². The van der Waals surface area contributed by atoms with E-state index in [4.69, 9.17) is 4.74 Å². The maximum absolute atomic E-state index is 12.3. The molecule has 29 heavy (non-hydrogen) atoms. The molecule has 9 heteroatoms. The zero-order valence-electron chi connectivity index (χ0n) is 18.4. The summed E-state index contributed by atoms with van der Waals surface area (Å²) in [7, 11) is 5.69. The van der Waals surface area contributed by atoms with Crippen molar-refractivity contribution >= 4 is 41.8 Å². The monoisotopic (exact) mass is 518 g/mol. The molecular weight excluding hydrogens is 483 g/mol. The van der Waals surface area contributed by atoms with Gasteiger partial charge in [-0.05, 0) is 45.7 Å². The number of nitrogens with one attached hydrogen (secondary N) is 2. The molecule has 0 aromatic carbocycles. The minimum atomic E-state index is -0.483. The molecule has 0 spiro atoms. The van der Waals surface area contributed by atoms with Gasteiger partial charge in [-0.3, -0.25) is 4.99 Å². The van der Waals surface area contributed by atoms with Crippen molar-refractivity contribution in [3.63, 3.8) is 0 Å². The van der Waals surface area contributed by atoms with E-state index in [1.54, 1.807) is 11.9 Å². The third kappa shape index (κ3) is 8.63. The molecule has 1 aromatic rings. The van der Waals surface area contributed by atoms with Gasteiger partial charge in [0, 0.05) is 40.3 Å². The molecule has 8 nitrogen and oxygen atoms in total. The average Bonchev–Trinajstić information content (AvgIpc) is 2.64. The number of likely N-dealkylation sites (tertiary alicyclic amines) is 1. The second-order valence-corrected chi connectivity index (χ2v) is 8.22. The Morgan fingerprint density at radius 3 is 2.72 bits per heavy atom. The van der Waals surface area contributed by atoms with E-state index in [9.17, 15) is 4.79 Å². The summed E-state index contributed by atoms with van der Waals surface area (Å²) in [6.45, 7) is 7.55. The van der Waals surface area contributed by atoms with Crippen molar-refractivity contribution in [1.82, 2.24) is 20.5 Å². The third-order valence-electron chi connectivity index (χ3n) is 4.32. The van der Waals surface area contributed by atoms with E-state index in [0.29, 0.717) is 19.0 Å². The number of pyridine rings is 1. The third-order valence-corrected chi connectivity index (χ3v) is 4.32. The molecule has 1 fully saturated rings. The summed E-state index contributed by atoms with van der Waals surface area (Å²) >= 11 is 0. The van der Waals surface area contributed by atoms with Crippen LogP contribution in [-0.2, 0) is 11.3 Å². The van der Waals surface area contributed by atoms with E-state index in [1.165, 1.54) is 0 Å². The smallest absolute Gasteiger partial charge is 0.410 e. The molecule has 2 N–H and O–H groups in total. The van der Waals surface area contributed by atoms with Crippen molar-refractivity contribution in [1.29, 1.82) is 0 Å². The second kappa shape index (κ2) is 11.4. The number of amides is 1. The number of rotatable bonds is 4. The zero-order chi connectivity index (χ0) is 20.7. The molecule has 1 aromatic heterocycles. The summed E-state index contributed by atoms with van der Waals surface area (Å²) < 4.78 is 5.49. The van der Waals surface area contributed by atoms with E-state index in [2.05, 4.69) is 20.6 Å². The van der Waals surface area contributed by atoms with Crippen LogP contribution in [0.2, 0.25) is 0 Å². The Balaban J connectivity index is 0.00000420. The topological polar surface area (TPSA) is 82.1 Å². The molecule has 1 aliphatic heterocycles. The van der Waals surface area contributed by atoms with Crippen molar-refractivity contribution < 1.29 is 9.53 Å². The summed E-state index contributed by atoms with van der Waals surface area (Å²) in [5, 5.41) is 6.72. The normalized spacial score (nSPS) is 17.2.